The fourth-order valence-corrected chi connectivity index (χ4v) is 4.20. The van der Waals surface area contributed by atoms with E-state index in [1.54, 1.807) is 30.0 Å². The largest absolute Gasteiger partial charge is 0.466 e. The van der Waals surface area contributed by atoms with E-state index in [0.717, 1.165) is 12.0 Å². The zero-order valence-electron chi connectivity index (χ0n) is 17.5. The van der Waals surface area contributed by atoms with Gasteiger partial charge in [0.25, 0.3) is 5.91 Å². The van der Waals surface area contributed by atoms with Crippen molar-refractivity contribution in [2.24, 2.45) is 0 Å². The summed E-state index contributed by atoms with van der Waals surface area (Å²) in [6.45, 7) is 2.23. The van der Waals surface area contributed by atoms with Gasteiger partial charge in [-0.1, -0.05) is 6.07 Å². The smallest absolute Gasteiger partial charge is 0.355 e. The highest BCUT2D eigenvalue weighted by Crippen LogP contribution is 2.36. The molecule has 31 heavy (non-hydrogen) atoms. The van der Waals surface area contributed by atoms with Crippen LogP contribution < -0.4 is 9.80 Å². The van der Waals surface area contributed by atoms with Crippen LogP contribution >= 0.6 is 0 Å². The van der Waals surface area contributed by atoms with Crippen LogP contribution in [0.1, 0.15) is 18.4 Å². The second-order valence-corrected chi connectivity index (χ2v) is 7.49. The van der Waals surface area contributed by atoms with E-state index in [-0.39, 0.29) is 36.5 Å². The molecule has 164 valence electrons. The zero-order valence-corrected chi connectivity index (χ0v) is 17.5. The van der Waals surface area contributed by atoms with Gasteiger partial charge in [-0.2, -0.15) is 0 Å². The lowest BCUT2D eigenvalue weighted by molar-refractivity contribution is -0.140. The van der Waals surface area contributed by atoms with E-state index in [1.807, 2.05) is 0 Å². The highest BCUT2D eigenvalue weighted by Gasteiger charge is 2.48. The summed E-state index contributed by atoms with van der Waals surface area (Å²) in [7, 11) is 2.43. The number of amides is 3. The van der Waals surface area contributed by atoms with Gasteiger partial charge in [-0.15, -0.1) is 0 Å². The first-order valence-electron chi connectivity index (χ1n) is 9.89. The van der Waals surface area contributed by atoms with Crippen LogP contribution in [-0.2, 0) is 28.6 Å². The summed E-state index contributed by atoms with van der Waals surface area (Å²) in [5.41, 5.74) is 1.64. The highest BCUT2D eigenvalue weighted by molar-refractivity contribution is 6.22. The lowest BCUT2D eigenvalue weighted by Crippen LogP contribution is -2.39. The van der Waals surface area contributed by atoms with Crippen molar-refractivity contribution in [3.05, 3.63) is 35.0 Å². The van der Waals surface area contributed by atoms with Crippen LogP contribution in [0.4, 0.5) is 16.2 Å². The van der Waals surface area contributed by atoms with Crippen molar-refractivity contribution < 1.29 is 33.4 Å². The molecular formula is C21H23N3O7. The molecule has 1 unspecified atom stereocenters. The Balaban J connectivity index is 1.77. The van der Waals surface area contributed by atoms with Gasteiger partial charge in [0.1, 0.15) is 18.5 Å². The molecule has 10 nitrogen and oxygen atoms in total. The minimum atomic E-state index is -0.722. The minimum absolute atomic E-state index is 0.00454. The molecular weight excluding hydrogens is 406 g/mol. The molecule has 0 spiro atoms. The number of ether oxygens (including phenoxy) is 3. The third kappa shape index (κ3) is 3.32. The molecule has 3 aliphatic heterocycles. The molecule has 0 aromatic heterocycles. The van der Waals surface area contributed by atoms with Crippen LogP contribution in [0.2, 0.25) is 0 Å². The van der Waals surface area contributed by atoms with Crippen molar-refractivity contribution in [3.63, 3.8) is 0 Å². The first-order chi connectivity index (χ1) is 14.9. The highest BCUT2D eigenvalue weighted by atomic mass is 16.5. The second-order valence-electron chi connectivity index (χ2n) is 7.49. The Morgan fingerprint density at radius 1 is 1.13 bits per heavy atom. The number of carbonyl (C=O) groups is 4. The summed E-state index contributed by atoms with van der Waals surface area (Å²) in [6.07, 6.45) is 1.46. The van der Waals surface area contributed by atoms with E-state index in [1.165, 1.54) is 24.0 Å². The number of hydrogen-bond donors (Lipinski definition) is 0. The van der Waals surface area contributed by atoms with Crippen molar-refractivity contribution in [2.75, 3.05) is 43.9 Å². The Morgan fingerprint density at radius 2 is 1.87 bits per heavy atom. The van der Waals surface area contributed by atoms with Crippen molar-refractivity contribution in [3.8, 4) is 0 Å². The number of nitrogens with zero attached hydrogens (tertiary/aromatic N) is 3. The third-order valence-corrected chi connectivity index (χ3v) is 5.77. The summed E-state index contributed by atoms with van der Waals surface area (Å²) in [5.74, 6) is -1.68. The van der Waals surface area contributed by atoms with E-state index >= 15 is 0 Å². The van der Waals surface area contributed by atoms with Crippen LogP contribution in [0, 0.1) is 6.92 Å². The summed E-state index contributed by atoms with van der Waals surface area (Å²) in [4.78, 5) is 54.8. The average molecular weight is 429 g/mol. The standard InChI is InChI=1S/C21H23N3O7/c1-12-6-7-13(9-16(12)24-18(25)15-5-4-8-22(15)21(24)28)23-11-31-10-14(19(26)29-2)17(23)20(27)30-3/h6-7,9,15H,4-5,8,10-11H2,1-3H3. The summed E-state index contributed by atoms with van der Waals surface area (Å²) in [6, 6.07) is 4.33. The molecule has 3 aliphatic rings. The lowest BCUT2D eigenvalue weighted by atomic mass is 10.1. The number of imide groups is 1. The van der Waals surface area contributed by atoms with Gasteiger partial charge in [-0.05, 0) is 37.5 Å². The SMILES string of the molecule is COC(=O)C1=C(C(=O)OC)N(c2ccc(C)c(N3C(=O)C4CCCN4C3=O)c2)COC1. The number of urea groups is 1. The van der Waals surface area contributed by atoms with E-state index < -0.39 is 18.0 Å². The molecule has 0 aliphatic carbocycles. The van der Waals surface area contributed by atoms with Gasteiger partial charge in [0.15, 0.2) is 0 Å². The Kier molecular flexibility index (Phi) is 5.40. The Morgan fingerprint density at radius 3 is 2.55 bits per heavy atom. The summed E-state index contributed by atoms with van der Waals surface area (Å²) < 4.78 is 15.2. The number of methoxy groups -OCH3 is 2. The summed E-state index contributed by atoms with van der Waals surface area (Å²) in [5, 5.41) is 0. The number of aryl methyl sites for hydroxylation is 1. The van der Waals surface area contributed by atoms with Crippen molar-refractivity contribution in [1.29, 1.82) is 0 Å². The van der Waals surface area contributed by atoms with Gasteiger partial charge >= 0.3 is 18.0 Å². The number of benzene rings is 1. The molecule has 0 saturated carbocycles. The monoisotopic (exact) mass is 429 g/mol. The second kappa shape index (κ2) is 8.03. The number of fused-ring (bicyclic) bond motifs is 1. The fraction of sp³-hybridized carbons (Fsp3) is 0.429. The quantitative estimate of drug-likeness (QED) is 0.521. The predicted octanol–water partition coefficient (Wildman–Crippen LogP) is 1.32. The molecule has 0 N–H and O–H groups in total. The molecule has 1 atom stereocenters. The van der Waals surface area contributed by atoms with Crippen molar-refractivity contribution in [1.82, 2.24) is 4.90 Å². The van der Waals surface area contributed by atoms with E-state index in [4.69, 9.17) is 14.2 Å². The van der Waals surface area contributed by atoms with Crippen molar-refractivity contribution >= 4 is 35.3 Å². The minimum Gasteiger partial charge on any atom is -0.466 e. The fourth-order valence-electron chi connectivity index (χ4n) is 4.20. The number of esters is 2. The Hall–Kier alpha value is -3.40. The van der Waals surface area contributed by atoms with Crippen molar-refractivity contribution in [2.45, 2.75) is 25.8 Å². The topological polar surface area (TPSA) is 106 Å². The van der Waals surface area contributed by atoms with Crippen LogP contribution in [0.5, 0.6) is 0 Å². The van der Waals surface area contributed by atoms with E-state index in [2.05, 4.69) is 0 Å². The maximum Gasteiger partial charge on any atom is 0.355 e. The van der Waals surface area contributed by atoms with Gasteiger partial charge in [-0.3, -0.25) is 4.79 Å². The molecule has 2 saturated heterocycles. The third-order valence-electron chi connectivity index (χ3n) is 5.77. The van der Waals surface area contributed by atoms with E-state index in [9.17, 15) is 19.2 Å². The molecule has 1 aromatic rings. The number of hydrogen-bond acceptors (Lipinski definition) is 8. The van der Waals surface area contributed by atoms with Crippen LogP contribution in [0.3, 0.4) is 0 Å². The molecule has 1 aromatic carbocycles. The number of carbonyl (C=O) groups excluding carboxylic acids is 4. The Bertz CT molecular complexity index is 981. The van der Waals surface area contributed by atoms with E-state index in [0.29, 0.717) is 24.3 Å². The van der Waals surface area contributed by atoms with Gasteiger partial charge < -0.3 is 24.0 Å². The first-order valence-corrected chi connectivity index (χ1v) is 9.89. The van der Waals surface area contributed by atoms with Crippen LogP contribution in [0.15, 0.2) is 29.5 Å². The number of rotatable bonds is 4. The molecule has 3 heterocycles. The van der Waals surface area contributed by atoms with Gasteiger partial charge in [0.05, 0.1) is 32.1 Å². The Labute approximate surface area is 178 Å². The van der Waals surface area contributed by atoms with Gasteiger partial charge in [-0.25, -0.2) is 19.3 Å². The zero-order chi connectivity index (χ0) is 22.3. The maximum atomic E-state index is 12.9. The summed E-state index contributed by atoms with van der Waals surface area (Å²) >= 11 is 0. The molecule has 3 amide bonds. The average Bonchev–Trinajstić information content (AvgIpc) is 3.36. The molecule has 4 rings (SSSR count). The van der Waals surface area contributed by atoms with Gasteiger partial charge in [0.2, 0.25) is 0 Å². The molecule has 10 heteroatoms. The van der Waals surface area contributed by atoms with Crippen LogP contribution in [-0.4, -0.2) is 68.9 Å². The molecule has 0 bridgehead atoms. The number of anilines is 2. The predicted molar refractivity (Wildman–Crippen MR) is 108 cm³/mol. The van der Waals surface area contributed by atoms with Crippen LogP contribution in [0.25, 0.3) is 0 Å². The van der Waals surface area contributed by atoms with Gasteiger partial charge in [0, 0.05) is 12.2 Å². The first kappa shape index (κ1) is 20.9. The molecule has 0 radical (unpaired) electrons. The maximum absolute atomic E-state index is 12.9. The molecule has 2 fully saturated rings. The normalized spacial score (nSPS) is 21.0. The lowest BCUT2D eigenvalue weighted by Gasteiger charge is -2.32.